The standard InChI is InChI=1S/C19H29F2N3O2.HI/c1-4-22-18(24-13-19(7-8-19)9-10-25-3)23-12-15-11-14(2)5-6-16(15)26-17(20)21;/h5-6,11,17H,4,7-10,12-13H2,1-3H3,(H2,22,23,24);1H. The SMILES string of the molecule is CCNC(=NCc1cc(C)ccc1OC(F)F)NCC1(CCOC)CC1.I. The zero-order chi connectivity index (χ0) is 19.0. The molecule has 0 heterocycles. The number of ether oxygens (including phenoxy) is 2. The van der Waals surface area contributed by atoms with Crippen molar-refractivity contribution in [1.82, 2.24) is 10.6 Å². The molecule has 5 nitrogen and oxygen atoms in total. The van der Waals surface area contributed by atoms with Crippen LogP contribution < -0.4 is 15.4 Å². The fourth-order valence-electron chi connectivity index (χ4n) is 2.83. The molecule has 2 rings (SSSR count). The number of benzene rings is 1. The number of aliphatic imine (C=N–C) groups is 1. The molecule has 1 aliphatic carbocycles. The number of hydrogen-bond donors (Lipinski definition) is 2. The fourth-order valence-corrected chi connectivity index (χ4v) is 2.83. The van der Waals surface area contributed by atoms with Gasteiger partial charge in [-0.15, -0.1) is 24.0 Å². The van der Waals surface area contributed by atoms with Crippen molar-refractivity contribution in [2.45, 2.75) is 46.3 Å². The van der Waals surface area contributed by atoms with Crippen LogP contribution in [0.2, 0.25) is 0 Å². The van der Waals surface area contributed by atoms with Crippen molar-refractivity contribution in [3.8, 4) is 5.75 Å². The topological polar surface area (TPSA) is 54.9 Å². The molecule has 1 fully saturated rings. The van der Waals surface area contributed by atoms with Crippen LogP contribution in [-0.2, 0) is 11.3 Å². The number of alkyl halides is 2. The summed E-state index contributed by atoms with van der Waals surface area (Å²) in [7, 11) is 1.72. The number of methoxy groups -OCH3 is 1. The van der Waals surface area contributed by atoms with Crippen LogP contribution in [0.5, 0.6) is 5.75 Å². The van der Waals surface area contributed by atoms with Gasteiger partial charge in [-0.2, -0.15) is 8.78 Å². The minimum atomic E-state index is -2.85. The van der Waals surface area contributed by atoms with Gasteiger partial charge in [-0.25, -0.2) is 4.99 Å². The molecule has 0 spiro atoms. The molecule has 2 N–H and O–H groups in total. The Morgan fingerprint density at radius 3 is 2.63 bits per heavy atom. The third kappa shape index (κ3) is 8.16. The molecule has 0 radical (unpaired) electrons. The highest BCUT2D eigenvalue weighted by atomic mass is 127. The Morgan fingerprint density at radius 1 is 1.30 bits per heavy atom. The van der Waals surface area contributed by atoms with E-state index in [1.54, 1.807) is 19.2 Å². The third-order valence-corrected chi connectivity index (χ3v) is 4.61. The van der Waals surface area contributed by atoms with E-state index in [0.29, 0.717) is 16.9 Å². The summed E-state index contributed by atoms with van der Waals surface area (Å²) < 4.78 is 35.0. The van der Waals surface area contributed by atoms with Crippen LogP contribution in [0, 0.1) is 12.3 Å². The smallest absolute Gasteiger partial charge is 0.387 e. The summed E-state index contributed by atoms with van der Waals surface area (Å²) >= 11 is 0. The molecule has 1 saturated carbocycles. The van der Waals surface area contributed by atoms with Crippen molar-refractivity contribution in [1.29, 1.82) is 0 Å². The minimum absolute atomic E-state index is 0. The Kier molecular flexibility index (Phi) is 10.3. The zero-order valence-corrected chi connectivity index (χ0v) is 18.5. The Labute approximate surface area is 177 Å². The fraction of sp³-hybridized carbons (Fsp3) is 0.632. The minimum Gasteiger partial charge on any atom is -0.434 e. The predicted octanol–water partition coefficient (Wildman–Crippen LogP) is 4.09. The van der Waals surface area contributed by atoms with E-state index in [1.165, 1.54) is 12.8 Å². The number of aryl methyl sites for hydroxylation is 1. The molecule has 0 unspecified atom stereocenters. The van der Waals surface area contributed by atoms with Crippen molar-refractivity contribution < 1.29 is 18.3 Å². The second-order valence-corrected chi connectivity index (χ2v) is 6.78. The number of rotatable bonds is 10. The number of halogens is 3. The van der Waals surface area contributed by atoms with Crippen LogP contribution >= 0.6 is 24.0 Å². The molecule has 0 bridgehead atoms. The maximum atomic E-state index is 12.6. The number of nitrogens with zero attached hydrogens (tertiary/aromatic N) is 1. The van der Waals surface area contributed by atoms with Crippen molar-refractivity contribution >= 4 is 29.9 Å². The van der Waals surface area contributed by atoms with Crippen molar-refractivity contribution in [3.05, 3.63) is 29.3 Å². The van der Waals surface area contributed by atoms with E-state index in [9.17, 15) is 8.78 Å². The highest BCUT2D eigenvalue weighted by Crippen LogP contribution is 2.48. The number of hydrogen-bond acceptors (Lipinski definition) is 3. The van der Waals surface area contributed by atoms with Gasteiger partial charge in [0.25, 0.3) is 0 Å². The number of nitrogens with one attached hydrogen (secondary N) is 2. The first-order chi connectivity index (χ1) is 12.5. The van der Waals surface area contributed by atoms with E-state index < -0.39 is 6.61 Å². The molecule has 0 aliphatic heterocycles. The van der Waals surface area contributed by atoms with E-state index >= 15 is 0 Å². The highest BCUT2D eigenvalue weighted by molar-refractivity contribution is 14.0. The molecular weight excluding hydrogens is 467 g/mol. The van der Waals surface area contributed by atoms with Gasteiger partial charge < -0.3 is 20.1 Å². The van der Waals surface area contributed by atoms with Gasteiger partial charge in [-0.1, -0.05) is 17.7 Å². The zero-order valence-electron chi connectivity index (χ0n) is 16.2. The summed E-state index contributed by atoms with van der Waals surface area (Å²) in [5.41, 5.74) is 1.91. The van der Waals surface area contributed by atoms with Crippen LogP contribution in [0.4, 0.5) is 8.78 Å². The van der Waals surface area contributed by atoms with Crippen LogP contribution in [0.1, 0.15) is 37.3 Å². The largest absolute Gasteiger partial charge is 0.434 e. The van der Waals surface area contributed by atoms with Crippen molar-refractivity contribution in [2.24, 2.45) is 10.4 Å². The maximum Gasteiger partial charge on any atom is 0.387 e. The molecule has 0 atom stereocenters. The summed E-state index contributed by atoms with van der Waals surface area (Å²) in [6, 6.07) is 5.14. The Hall–Kier alpha value is -1.16. The first-order valence-electron chi connectivity index (χ1n) is 9.03. The van der Waals surface area contributed by atoms with Gasteiger partial charge in [0, 0.05) is 32.4 Å². The lowest BCUT2D eigenvalue weighted by Crippen LogP contribution is -2.40. The first-order valence-corrected chi connectivity index (χ1v) is 9.03. The Morgan fingerprint density at radius 2 is 2.04 bits per heavy atom. The molecule has 1 aliphatic rings. The molecule has 0 amide bonds. The lowest BCUT2D eigenvalue weighted by atomic mass is 10.0. The maximum absolute atomic E-state index is 12.6. The summed E-state index contributed by atoms with van der Waals surface area (Å²) in [6.45, 7) is 3.64. The molecule has 1 aromatic carbocycles. The van der Waals surface area contributed by atoms with Gasteiger partial charge in [0.15, 0.2) is 5.96 Å². The van der Waals surface area contributed by atoms with E-state index in [0.717, 1.165) is 31.7 Å². The summed E-state index contributed by atoms with van der Waals surface area (Å²) in [5, 5.41) is 6.57. The van der Waals surface area contributed by atoms with E-state index in [1.807, 2.05) is 19.9 Å². The van der Waals surface area contributed by atoms with E-state index in [-0.39, 0.29) is 36.3 Å². The average Bonchev–Trinajstić information content (AvgIpc) is 3.37. The summed E-state index contributed by atoms with van der Waals surface area (Å²) in [4.78, 5) is 4.54. The second-order valence-electron chi connectivity index (χ2n) is 6.78. The Balaban J connectivity index is 0.00000364. The van der Waals surface area contributed by atoms with Crippen molar-refractivity contribution in [2.75, 3.05) is 26.8 Å². The van der Waals surface area contributed by atoms with Gasteiger partial charge in [0.2, 0.25) is 0 Å². The molecule has 1 aromatic rings. The molecule has 27 heavy (non-hydrogen) atoms. The van der Waals surface area contributed by atoms with Gasteiger partial charge in [-0.05, 0) is 44.6 Å². The molecule has 8 heteroatoms. The summed E-state index contributed by atoms with van der Waals surface area (Å²) in [5.74, 6) is 0.852. The normalized spacial score (nSPS) is 15.3. The molecule has 0 aromatic heterocycles. The van der Waals surface area contributed by atoms with Crippen LogP contribution in [0.15, 0.2) is 23.2 Å². The lowest BCUT2D eigenvalue weighted by molar-refractivity contribution is -0.0504. The van der Waals surface area contributed by atoms with Crippen LogP contribution in [-0.4, -0.2) is 39.4 Å². The molecular formula is C19H30F2IN3O2. The number of guanidine groups is 1. The van der Waals surface area contributed by atoms with Gasteiger partial charge in [-0.3, -0.25) is 0 Å². The quantitative estimate of drug-likeness (QED) is 0.291. The highest BCUT2D eigenvalue weighted by Gasteiger charge is 2.41. The molecule has 154 valence electrons. The first kappa shape index (κ1) is 23.9. The van der Waals surface area contributed by atoms with Crippen LogP contribution in [0.25, 0.3) is 0 Å². The van der Waals surface area contributed by atoms with Crippen LogP contribution in [0.3, 0.4) is 0 Å². The van der Waals surface area contributed by atoms with Gasteiger partial charge in [0.05, 0.1) is 6.54 Å². The summed E-state index contributed by atoms with van der Waals surface area (Å²) in [6.07, 6.45) is 3.40. The lowest BCUT2D eigenvalue weighted by Gasteiger charge is -2.18. The van der Waals surface area contributed by atoms with E-state index in [4.69, 9.17) is 4.74 Å². The third-order valence-electron chi connectivity index (χ3n) is 4.61. The molecule has 0 saturated heterocycles. The van der Waals surface area contributed by atoms with E-state index in [2.05, 4.69) is 20.4 Å². The monoisotopic (exact) mass is 497 g/mol. The Bertz CT molecular complexity index is 611. The predicted molar refractivity (Wildman–Crippen MR) is 114 cm³/mol. The van der Waals surface area contributed by atoms with Crippen molar-refractivity contribution in [3.63, 3.8) is 0 Å². The average molecular weight is 497 g/mol. The van der Waals surface area contributed by atoms with Gasteiger partial charge >= 0.3 is 6.61 Å². The second kappa shape index (κ2) is 11.6. The van der Waals surface area contributed by atoms with Gasteiger partial charge in [0.1, 0.15) is 5.75 Å².